The molecule has 1 amide bonds. The van der Waals surface area contributed by atoms with Crippen LogP contribution in [0.3, 0.4) is 0 Å². The number of carboxylic acid groups (broad SMARTS) is 1. The quantitative estimate of drug-likeness (QED) is 0.0701. The number of aryl methyl sites for hydroxylation is 1. The third-order valence-electron chi connectivity index (χ3n) is 10.6. The first-order valence-electron chi connectivity index (χ1n) is 19.9. The van der Waals surface area contributed by atoms with Crippen LogP contribution in [0, 0.1) is 12.8 Å². The molecule has 11 nitrogen and oxygen atoms in total. The summed E-state index contributed by atoms with van der Waals surface area (Å²) in [6.07, 6.45) is 0.343. The maximum atomic E-state index is 13.7. The van der Waals surface area contributed by atoms with E-state index >= 15 is 0 Å². The molecule has 0 bridgehead atoms. The lowest BCUT2D eigenvalue weighted by atomic mass is 9.91. The molecule has 1 aromatic heterocycles. The second-order valence-electron chi connectivity index (χ2n) is 15.0. The molecule has 4 N–H and O–H groups in total. The average Bonchev–Trinajstić information content (AvgIpc) is 3.28. The fourth-order valence-corrected chi connectivity index (χ4v) is 9.50. The van der Waals surface area contributed by atoms with Gasteiger partial charge < -0.3 is 25.0 Å². The van der Waals surface area contributed by atoms with Crippen LogP contribution in [-0.4, -0.2) is 53.4 Å². The Morgan fingerprint density at radius 1 is 0.787 bits per heavy atom. The zero-order valence-electron chi connectivity index (χ0n) is 33.7. The molecule has 1 fully saturated rings. The van der Waals surface area contributed by atoms with Gasteiger partial charge in [0.05, 0.1) is 29.3 Å². The number of thioether (sulfide) groups is 1. The number of nitrogens with one attached hydrogen (secondary N) is 2. The van der Waals surface area contributed by atoms with Gasteiger partial charge in [-0.3, -0.25) is 4.79 Å². The van der Waals surface area contributed by atoms with Gasteiger partial charge in [0.15, 0.2) is 6.29 Å². The summed E-state index contributed by atoms with van der Waals surface area (Å²) in [6, 6.07) is 41.2. The molecule has 1 aliphatic rings. The molecule has 0 radical (unpaired) electrons. The summed E-state index contributed by atoms with van der Waals surface area (Å²) < 4.78 is 42.6. The van der Waals surface area contributed by atoms with Gasteiger partial charge in [-0.2, -0.15) is 4.72 Å². The molecule has 5 unspecified atom stereocenters. The highest BCUT2D eigenvalue weighted by Gasteiger charge is 2.38. The lowest BCUT2D eigenvalue weighted by Crippen LogP contribution is -2.47. The maximum Gasteiger partial charge on any atom is 0.338 e. The van der Waals surface area contributed by atoms with Crippen molar-refractivity contribution in [3.05, 3.63) is 185 Å². The first-order valence-corrected chi connectivity index (χ1v) is 22.4. The van der Waals surface area contributed by atoms with Crippen LogP contribution in [0.25, 0.3) is 11.1 Å². The van der Waals surface area contributed by atoms with Crippen LogP contribution in [0.5, 0.6) is 0 Å². The average molecular weight is 858 g/mol. The van der Waals surface area contributed by atoms with E-state index in [2.05, 4.69) is 15.0 Å². The number of benzene rings is 5. The molecular formula is C48H47N3O8S2. The van der Waals surface area contributed by atoms with Crippen molar-refractivity contribution >= 4 is 33.7 Å². The summed E-state index contributed by atoms with van der Waals surface area (Å²) in [6.45, 7) is 4.03. The largest absolute Gasteiger partial charge is 0.478 e. The monoisotopic (exact) mass is 857 g/mol. The number of carboxylic acids is 1. The fraction of sp³-hybridized carbons (Fsp3) is 0.229. The second-order valence-corrected chi connectivity index (χ2v) is 17.7. The Kier molecular flexibility index (Phi) is 14.1. The number of sulfonamides is 1. The van der Waals surface area contributed by atoms with Crippen LogP contribution in [0.2, 0.25) is 0 Å². The Bertz CT molecular complexity index is 2540. The highest BCUT2D eigenvalue weighted by Crippen LogP contribution is 2.43. The lowest BCUT2D eigenvalue weighted by molar-refractivity contribution is -0.268. The van der Waals surface area contributed by atoms with Crippen molar-refractivity contribution in [3.8, 4) is 11.1 Å². The number of aliphatic hydroxyl groups is 1. The van der Waals surface area contributed by atoms with E-state index in [9.17, 15) is 28.2 Å². The molecule has 5 aromatic carbocycles. The lowest BCUT2D eigenvalue weighted by Gasteiger charge is -2.41. The maximum absolute atomic E-state index is 13.7. The standard InChI is InChI=1S/C48H47N3O8S2/c1-31-13-23-40(24-14-31)61(56,57)51-42(27-33-8-4-3-5-9-33)45(53)50-28-35-10-6-11-39(26-35)36-19-21-38(22-20-36)48-58-43(30-60-46-41(47(54)55)12-7-25-49-46)32(2)44(59-48)37-17-15-34(29-52)16-18-37/h3-26,32,42-44,48,51-52H,27-30H2,1-2H3,(H,50,53)(H,54,55). The van der Waals surface area contributed by atoms with Crippen molar-refractivity contribution in [1.82, 2.24) is 15.0 Å². The normalized spacial score (nSPS) is 18.3. The van der Waals surface area contributed by atoms with Crippen LogP contribution in [0.4, 0.5) is 0 Å². The predicted octanol–water partition coefficient (Wildman–Crippen LogP) is 8.04. The minimum Gasteiger partial charge on any atom is -0.478 e. The second kappa shape index (κ2) is 19.8. The van der Waals surface area contributed by atoms with E-state index in [4.69, 9.17) is 9.47 Å². The molecule has 2 heterocycles. The van der Waals surface area contributed by atoms with E-state index in [0.29, 0.717) is 10.8 Å². The van der Waals surface area contributed by atoms with Gasteiger partial charge in [-0.05, 0) is 77.1 Å². The van der Waals surface area contributed by atoms with Crippen LogP contribution < -0.4 is 10.0 Å². The van der Waals surface area contributed by atoms with Crippen molar-refractivity contribution in [2.24, 2.45) is 5.92 Å². The van der Waals surface area contributed by atoms with Gasteiger partial charge in [-0.1, -0.05) is 122 Å². The summed E-state index contributed by atoms with van der Waals surface area (Å²) >= 11 is 1.33. The van der Waals surface area contributed by atoms with Gasteiger partial charge >= 0.3 is 5.97 Å². The fourth-order valence-electron chi connectivity index (χ4n) is 7.16. The Labute approximate surface area is 360 Å². The summed E-state index contributed by atoms with van der Waals surface area (Å²) in [5, 5.41) is 22.7. The number of hydrogen-bond donors (Lipinski definition) is 4. The Morgan fingerprint density at radius 3 is 2.20 bits per heavy atom. The van der Waals surface area contributed by atoms with Crippen molar-refractivity contribution in [2.75, 3.05) is 5.75 Å². The topological polar surface area (TPSA) is 164 Å². The number of amides is 1. The highest BCUT2D eigenvalue weighted by molar-refractivity contribution is 7.99. The molecule has 0 aliphatic carbocycles. The molecule has 0 saturated carbocycles. The van der Waals surface area contributed by atoms with E-state index < -0.39 is 34.2 Å². The number of hydrogen-bond acceptors (Lipinski definition) is 9. The van der Waals surface area contributed by atoms with Gasteiger partial charge in [0, 0.05) is 30.0 Å². The van der Waals surface area contributed by atoms with Crippen molar-refractivity contribution in [3.63, 3.8) is 0 Å². The zero-order chi connectivity index (χ0) is 42.9. The molecular weight excluding hydrogens is 811 g/mol. The van der Waals surface area contributed by atoms with Crippen LogP contribution in [0.1, 0.15) is 63.1 Å². The van der Waals surface area contributed by atoms with Gasteiger partial charge in [0.1, 0.15) is 11.1 Å². The van der Waals surface area contributed by atoms with Crippen molar-refractivity contribution in [1.29, 1.82) is 0 Å². The van der Waals surface area contributed by atoms with Gasteiger partial charge in [0.25, 0.3) is 0 Å². The molecule has 314 valence electrons. The number of carbonyl (C=O) groups excluding carboxylic acids is 1. The smallest absolute Gasteiger partial charge is 0.338 e. The van der Waals surface area contributed by atoms with E-state index in [-0.39, 0.29) is 48.2 Å². The SMILES string of the molecule is Cc1ccc(S(=O)(=O)NC(Cc2ccccc2)C(=O)NCc2cccc(-c3ccc(C4OC(CSc5ncccc5C(=O)O)C(C)C(c5ccc(CO)cc5)O4)cc3)c2)cc1. The molecule has 6 aromatic rings. The number of ether oxygens (including phenoxy) is 2. The molecule has 13 heteroatoms. The molecule has 7 rings (SSSR count). The molecule has 1 saturated heterocycles. The number of rotatable bonds is 16. The number of carbonyl (C=O) groups is 2. The number of pyridine rings is 1. The van der Waals surface area contributed by atoms with E-state index in [1.54, 1.807) is 24.4 Å². The summed E-state index contributed by atoms with van der Waals surface area (Å²) in [7, 11) is -3.98. The number of aliphatic hydroxyl groups excluding tert-OH is 1. The summed E-state index contributed by atoms with van der Waals surface area (Å²) in [5.74, 6) is -1.15. The van der Waals surface area contributed by atoms with Crippen molar-refractivity contribution < 1.29 is 37.7 Å². The van der Waals surface area contributed by atoms with E-state index in [1.807, 2.05) is 117 Å². The third-order valence-corrected chi connectivity index (χ3v) is 13.2. The molecule has 61 heavy (non-hydrogen) atoms. The van der Waals surface area contributed by atoms with Crippen LogP contribution in [0.15, 0.2) is 156 Å². The summed E-state index contributed by atoms with van der Waals surface area (Å²) in [4.78, 5) is 30.0. The Hall–Kier alpha value is -5.67. The molecule has 0 spiro atoms. The van der Waals surface area contributed by atoms with Gasteiger partial charge in [-0.15, -0.1) is 11.8 Å². The van der Waals surface area contributed by atoms with Gasteiger partial charge in [-0.25, -0.2) is 18.2 Å². The summed E-state index contributed by atoms with van der Waals surface area (Å²) in [5.41, 5.74) is 7.08. The highest BCUT2D eigenvalue weighted by atomic mass is 32.2. The third kappa shape index (κ3) is 11.0. The molecule has 5 atom stereocenters. The first-order chi connectivity index (χ1) is 29.5. The first kappa shape index (κ1) is 43.4. The Morgan fingerprint density at radius 2 is 1.49 bits per heavy atom. The number of nitrogens with zero attached hydrogens (tertiary/aromatic N) is 1. The van der Waals surface area contributed by atoms with E-state index in [1.165, 1.54) is 30.0 Å². The van der Waals surface area contributed by atoms with Gasteiger partial charge in [0.2, 0.25) is 15.9 Å². The minimum atomic E-state index is -3.98. The van der Waals surface area contributed by atoms with Crippen molar-refractivity contribution in [2.45, 2.75) is 67.9 Å². The van der Waals surface area contributed by atoms with Crippen LogP contribution >= 0.6 is 11.8 Å². The minimum absolute atomic E-state index is 0.0691. The molecule has 1 aliphatic heterocycles. The van der Waals surface area contributed by atoms with Crippen LogP contribution in [-0.2, 0) is 43.9 Å². The Balaban J connectivity index is 1.06. The number of aromatic nitrogens is 1. The predicted molar refractivity (Wildman–Crippen MR) is 234 cm³/mol. The van der Waals surface area contributed by atoms with E-state index in [0.717, 1.165) is 44.5 Å². The zero-order valence-corrected chi connectivity index (χ0v) is 35.3. The number of aromatic carboxylic acids is 1.